The minimum absolute atomic E-state index is 0. The van der Waals surface area contributed by atoms with Crippen LogP contribution in [0.5, 0.6) is 0 Å². The van der Waals surface area contributed by atoms with Crippen molar-refractivity contribution in [3.8, 4) is 0 Å². The summed E-state index contributed by atoms with van der Waals surface area (Å²) in [6.07, 6.45) is 0.998. The van der Waals surface area contributed by atoms with Crippen LogP contribution in [0.2, 0.25) is 0 Å². The first-order valence-corrected chi connectivity index (χ1v) is 2.32. The van der Waals surface area contributed by atoms with Crippen LogP contribution in [-0.4, -0.2) is 12.5 Å². The predicted octanol–water partition coefficient (Wildman–Crippen LogP) is 0.288. The molecule has 3 nitrogen and oxygen atoms in total. The fourth-order valence-corrected chi connectivity index (χ4v) is 0.241. The number of hydrogen-bond acceptors (Lipinski definition) is 1. The summed E-state index contributed by atoms with van der Waals surface area (Å²) in [7, 11) is 0. The van der Waals surface area contributed by atoms with Crippen LogP contribution in [0, 0.1) is 0 Å². The third-order valence-corrected chi connectivity index (χ3v) is 0.518. The molecule has 0 aromatic rings. The Morgan fingerprint density at radius 3 is 2.12 bits per heavy atom. The molecule has 4 heteroatoms. The number of halogens is 1. The van der Waals surface area contributed by atoms with Gasteiger partial charge in [0.05, 0.1) is 0 Å². The lowest BCUT2D eigenvalue weighted by molar-refractivity contribution is 0.927. The van der Waals surface area contributed by atoms with Crippen LogP contribution in [0.4, 0.5) is 0 Å². The van der Waals surface area contributed by atoms with Gasteiger partial charge in [-0.05, 0) is 6.42 Å². The molecule has 0 amide bonds. The molecule has 0 fully saturated rings. The Morgan fingerprint density at radius 2 is 2.00 bits per heavy atom. The number of aliphatic imine (C=N–C) groups is 1. The second-order valence-corrected chi connectivity index (χ2v) is 1.31. The Balaban J connectivity index is 0. The number of nitrogens with two attached hydrogens (primary N) is 2. The molecule has 0 spiro atoms. The summed E-state index contributed by atoms with van der Waals surface area (Å²) < 4.78 is 0. The van der Waals surface area contributed by atoms with E-state index in [2.05, 4.69) is 4.99 Å². The molecule has 0 aliphatic rings. The zero-order valence-corrected chi connectivity index (χ0v) is 7.25. The molecule has 0 heterocycles. The zero-order chi connectivity index (χ0) is 5.70. The standard InChI is InChI=1S/C4H11N3.HI/c1-2-3-7-4(5)6;/h2-3H2,1H3,(H4,5,6,7);1H. The molecule has 0 radical (unpaired) electrons. The number of rotatable bonds is 2. The van der Waals surface area contributed by atoms with Gasteiger partial charge < -0.3 is 11.5 Å². The van der Waals surface area contributed by atoms with E-state index in [1.54, 1.807) is 0 Å². The average Bonchev–Trinajstić information content (AvgIpc) is 1.61. The van der Waals surface area contributed by atoms with Crippen LogP contribution >= 0.6 is 24.0 Å². The Bertz CT molecular complexity index is 67.7. The summed E-state index contributed by atoms with van der Waals surface area (Å²) in [4.78, 5) is 3.72. The van der Waals surface area contributed by atoms with Gasteiger partial charge in [-0.25, -0.2) is 0 Å². The highest BCUT2D eigenvalue weighted by Gasteiger charge is 1.74. The summed E-state index contributed by atoms with van der Waals surface area (Å²) in [5.41, 5.74) is 10.0. The monoisotopic (exact) mass is 229 g/mol. The summed E-state index contributed by atoms with van der Waals surface area (Å²) in [5, 5.41) is 0. The highest BCUT2D eigenvalue weighted by molar-refractivity contribution is 14.0. The van der Waals surface area contributed by atoms with E-state index in [-0.39, 0.29) is 29.9 Å². The van der Waals surface area contributed by atoms with Crippen LogP contribution in [-0.2, 0) is 0 Å². The Morgan fingerprint density at radius 1 is 1.50 bits per heavy atom. The second kappa shape index (κ2) is 7.00. The van der Waals surface area contributed by atoms with E-state index in [9.17, 15) is 0 Å². The maximum absolute atomic E-state index is 5.01. The maximum atomic E-state index is 5.01. The highest BCUT2D eigenvalue weighted by atomic mass is 127. The fourth-order valence-electron chi connectivity index (χ4n) is 0.241. The van der Waals surface area contributed by atoms with E-state index in [1.807, 2.05) is 6.92 Å². The molecule has 0 aliphatic heterocycles. The molecule has 4 N–H and O–H groups in total. The summed E-state index contributed by atoms with van der Waals surface area (Å²) in [5.74, 6) is 0.182. The van der Waals surface area contributed by atoms with Crippen LogP contribution in [0.1, 0.15) is 13.3 Å². The van der Waals surface area contributed by atoms with Gasteiger partial charge in [0.2, 0.25) is 0 Å². The van der Waals surface area contributed by atoms with Crippen molar-refractivity contribution in [2.24, 2.45) is 16.5 Å². The number of nitrogens with zero attached hydrogens (tertiary/aromatic N) is 1. The van der Waals surface area contributed by atoms with Gasteiger partial charge in [0, 0.05) is 6.54 Å². The number of guanidine groups is 1. The van der Waals surface area contributed by atoms with Crippen LogP contribution in [0.25, 0.3) is 0 Å². The molecule has 0 saturated heterocycles. The Hall–Kier alpha value is 0. The van der Waals surface area contributed by atoms with Gasteiger partial charge in [0.15, 0.2) is 5.96 Å². The fraction of sp³-hybridized carbons (Fsp3) is 0.750. The topological polar surface area (TPSA) is 64.4 Å². The Labute approximate surface area is 66.6 Å². The second-order valence-electron chi connectivity index (χ2n) is 1.31. The first-order valence-electron chi connectivity index (χ1n) is 2.32. The van der Waals surface area contributed by atoms with Crippen molar-refractivity contribution in [1.82, 2.24) is 0 Å². The maximum Gasteiger partial charge on any atom is 0.185 e. The van der Waals surface area contributed by atoms with E-state index in [4.69, 9.17) is 11.5 Å². The van der Waals surface area contributed by atoms with Crippen molar-refractivity contribution in [2.75, 3.05) is 6.54 Å². The van der Waals surface area contributed by atoms with Crippen molar-refractivity contribution < 1.29 is 0 Å². The van der Waals surface area contributed by atoms with E-state index in [1.165, 1.54) is 0 Å². The molecule has 0 bridgehead atoms. The predicted molar refractivity (Wildman–Crippen MR) is 46.4 cm³/mol. The smallest absolute Gasteiger partial charge is 0.185 e. The van der Waals surface area contributed by atoms with Crippen molar-refractivity contribution >= 4 is 29.9 Å². The minimum atomic E-state index is 0. The number of hydrogen-bond donors (Lipinski definition) is 2. The van der Waals surface area contributed by atoms with Crippen LogP contribution in [0.3, 0.4) is 0 Å². The van der Waals surface area contributed by atoms with E-state index < -0.39 is 0 Å². The SMILES string of the molecule is CCCN=C(N)N.I. The highest BCUT2D eigenvalue weighted by Crippen LogP contribution is 1.73. The lowest BCUT2D eigenvalue weighted by atomic mass is 10.5. The first kappa shape index (κ1) is 10.9. The van der Waals surface area contributed by atoms with E-state index in [0.29, 0.717) is 0 Å². The molecule has 0 aromatic heterocycles. The molecule has 0 atom stereocenters. The lowest BCUT2D eigenvalue weighted by Gasteiger charge is -1.86. The van der Waals surface area contributed by atoms with Gasteiger partial charge in [-0.15, -0.1) is 24.0 Å². The lowest BCUT2D eigenvalue weighted by Crippen LogP contribution is -2.22. The molecular formula is C4H12IN3. The van der Waals surface area contributed by atoms with Crippen LogP contribution < -0.4 is 11.5 Å². The van der Waals surface area contributed by atoms with Crippen molar-refractivity contribution in [1.29, 1.82) is 0 Å². The molecule has 0 unspecified atom stereocenters. The van der Waals surface area contributed by atoms with E-state index in [0.717, 1.165) is 13.0 Å². The normalized spacial score (nSPS) is 7.12. The van der Waals surface area contributed by atoms with Gasteiger partial charge in [-0.2, -0.15) is 0 Å². The molecule has 0 rings (SSSR count). The van der Waals surface area contributed by atoms with Crippen molar-refractivity contribution in [3.63, 3.8) is 0 Å². The quantitative estimate of drug-likeness (QED) is 0.406. The summed E-state index contributed by atoms with van der Waals surface area (Å²) >= 11 is 0. The average molecular weight is 229 g/mol. The summed E-state index contributed by atoms with van der Waals surface area (Å²) in [6, 6.07) is 0. The largest absolute Gasteiger partial charge is 0.370 e. The van der Waals surface area contributed by atoms with Gasteiger partial charge >= 0.3 is 0 Å². The van der Waals surface area contributed by atoms with E-state index >= 15 is 0 Å². The van der Waals surface area contributed by atoms with Gasteiger partial charge in [-0.1, -0.05) is 6.92 Å². The molecule has 0 aromatic carbocycles. The van der Waals surface area contributed by atoms with Crippen molar-refractivity contribution in [2.45, 2.75) is 13.3 Å². The zero-order valence-electron chi connectivity index (χ0n) is 4.92. The summed E-state index contributed by atoms with van der Waals surface area (Å²) in [6.45, 7) is 2.76. The molecule has 8 heavy (non-hydrogen) atoms. The molecule has 0 saturated carbocycles. The van der Waals surface area contributed by atoms with Gasteiger partial charge in [0.25, 0.3) is 0 Å². The van der Waals surface area contributed by atoms with Gasteiger partial charge in [-0.3, -0.25) is 4.99 Å². The third kappa shape index (κ3) is 9.38. The Kier molecular flexibility index (Phi) is 9.53. The minimum Gasteiger partial charge on any atom is -0.370 e. The first-order chi connectivity index (χ1) is 3.27. The molecule has 50 valence electrons. The van der Waals surface area contributed by atoms with Crippen molar-refractivity contribution in [3.05, 3.63) is 0 Å². The molecular weight excluding hydrogens is 217 g/mol. The molecule has 0 aliphatic carbocycles. The third-order valence-electron chi connectivity index (χ3n) is 0.518. The van der Waals surface area contributed by atoms with Crippen LogP contribution in [0.15, 0.2) is 4.99 Å². The van der Waals surface area contributed by atoms with Gasteiger partial charge in [0.1, 0.15) is 0 Å².